The van der Waals surface area contributed by atoms with E-state index in [4.69, 9.17) is 9.47 Å². The third-order valence-corrected chi connectivity index (χ3v) is 7.74. The summed E-state index contributed by atoms with van der Waals surface area (Å²) in [7, 11) is 0. The van der Waals surface area contributed by atoms with Gasteiger partial charge in [0.25, 0.3) is 5.91 Å². The number of hydrogen-bond acceptors (Lipinski definition) is 7. The van der Waals surface area contributed by atoms with Gasteiger partial charge in [0.15, 0.2) is 5.78 Å². The maximum atomic E-state index is 12.7. The Balaban J connectivity index is 1.16. The maximum Gasteiger partial charge on any atom is 0.338 e. The van der Waals surface area contributed by atoms with E-state index in [9.17, 15) is 19.3 Å². The lowest BCUT2D eigenvalue weighted by molar-refractivity contribution is -0.169. The van der Waals surface area contributed by atoms with Crippen LogP contribution in [0.1, 0.15) is 54.4 Å². The first-order valence-corrected chi connectivity index (χ1v) is 12.5. The largest absolute Gasteiger partial charge is 0.457 e. The van der Waals surface area contributed by atoms with Crippen LogP contribution in [0.15, 0.2) is 59.8 Å². The van der Waals surface area contributed by atoms with E-state index in [1.807, 2.05) is 30.3 Å². The molecule has 1 unspecified atom stereocenters. The predicted molar refractivity (Wildman–Crippen MR) is 132 cm³/mol. The highest BCUT2D eigenvalue weighted by atomic mass is 16.5. The summed E-state index contributed by atoms with van der Waals surface area (Å²) in [5, 5.41) is 5.31. The Labute approximate surface area is 209 Å². The van der Waals surface area contributed by atoms with E-state index in [-0.39, 0.29) is 30.1 Å². The van der Waals surface area contributed by atoms with Crippen molar-refractivity contribution in [2.45, 2.75) is 56.8 Å². The van der Waals surface area contributed by atoms with E-state index in [0.29, 0.717) is 17.8 Å². The second kappa shape index (κ2) is 10.3. The molecular weight excluding hydrogens is 460 g/mol. The van der Waals surface area contributed by atoms with Gasteiger partial charge in [0.05, 0.1) is 11.2 Å². The number of carbonyl (C=O) groups excluding carboxylic acids is 3. The number of ether oxygens (including phenoxy) is 2. The zero-order valence-electron chi connectivity index (χ0n) is 20.1. The molecule has 2 aromatic carbocycles. The minimum absolute atomic E-state index is 0.117. The van der Waals surface area contributed by atoms with Crippen molar-refractivity contribution in [1.29, 1.82) is 0 Å². The van der Waals surface area contributed by atoms with Gasteiger partial charge in [0, 0.05) is 5.69 Å². The molecular formula is C28H30N2O6. The summed E-state index contributed by atoms with van der Waals surface area (Å²) in [5.74, 6) is -0.0976. The molecule has 188 valence electrons. The lowest BCUT2D eigenvalue weighted by Gasteiger charge is -2.56. The van der Waals surface area contributed by atoms with Gasteiger partial charge in [-0.2, -0.15) is 0 Å². The van der Waals surface area contributed by atoms with Gasteiger partial charge in [0.2, 0.25) is 6.04 Å². The van der Waals surface area contributed by atoms with E-state index in [2.05, 4.69) is 10.5 Å². The summed E-state index contributed by atoms with van der Waals surface area (Å²) >= 11 is 0. The van der Waals surface area contributed by atoms with Crippen molar-refractivity contribution in [3.63, 3.8) is 0 Å². The molecule has 0 heterocycles. The highest BCUT2D eigenvalue weighted by Gasteiger charge is 2.52. The summed E-state index contributed by atoms with van der Waals surface area (Å²) in [6.07, 6.45) is 6.59. The molecule has 4 fully saturated rings. The summed E-state index contributed by atoms with van der Waals surface area (Å²) in [6.45, 7) is -0.187. The number of Topliss-reactive ketones (excluding diaryl/α,β-unsaturated/α-hetero) is 1. The van der Waals surface area contributed by atoms with Gasteiger partial charge < -0.3 is 14.8 Å². The van der Waals surface area contributed by atoms with E-state index >= 15 is 0 Å². The van der Waals surface area contributed by atoms with Crippen LogP contribution in [-0.2, 0) is 25.7 Å². The van der Waals surface area contributed by atoms with Gasteiger partial charge in [-0.3, -0.25) is 9.59 Å². The minimum atomic E-state index is -1.72. The molecule has 8 heteroatoms. The third kappa shape index (κ3) is 5.38. The molecule has 4 aliphatic carbocycles. The van der Waals surface area contributed by atoms with Crippen molar-refractivity contribution >= 4 is 23.3 Å². The van der Waals surface area contributed by atoms with Crippen molar-refractivity contribution in [1.82, 2.24) is 0 Å². The first-order chi connectivity index (χ1) is 17.4. The van der Waals surface area contributed by atoms with E-state index in [0.717, 1.165) is 24.8 Å². The summed E-state index contributed by atoms with van der Waals surface area (Å²) in [6, 6.07) is 13.7. The lowest BCUT2D eigenvalue weighted by atomic mass is 9.54. The van der Waals surface area contributed by atoms with E-state index in [1.54, 1.807) is 18.2 Å². The zero-order chi connectivity index (χ0) is 25.1. The fourth-order valence-electron chi connectivity index (χ4n) is 6.50. The molecule has 4 aliphatic rings. The second-order valence-corrected chi connectivity index (χ2v) is 10.5. The number of amides is 1. The predicted octanol–water partition coefficient (Wildman–Crippen LogP) is 4.67. The normalized spacial score (nSPS) is 26.7. The molecule has 0 spiro atoms. The standard InChI is InChI=1S/C28H30N2O6/c31-24(17-36-28-13-19-9-20(14-28)11-21(10-19)15-28)25(30-34)26(32)29-23-8-4-7-22(12-23)27(33)35-16-18-5-2-1-3-6-18/h1-8,12,19-21,25H,9-11,13-17H2,(H,29,32). The molecule has 1 N–H and O–H groups in total. The lowest BCUT2D eigenvalue weighted by Crippen LogP contribution is -2.53. The topological polar surface area (TPSA) is 111 Å². The Morgan fingerprint density at radius 3 is 2.25 bits per heavy atom. The Hall–Kier alpha value is -3.39. The van der Waals surface area contributed by atoms with Crippen LogP contribution in [-0.4, -0.2) is 35.9 Å². The molecule has 0 radical (unpaired) electrons. The van der Waals surface area contributed by atoms with Crippen LogP contribution in [0.4, 0.5) is 5.69 Å². The van der Waals surface area contributed by atoms with Crippen LogP contribution in [0.5, 0.6) is 0 Å². The Morgan fingerprint density at radius 2 is 1.61 bits per heavy atom. The number of benzene rings is 2. The van der Waals surface area contributed by atoms with Crippen LogP contribution < -0.4 is 5.32 Å². The quantitative estimate of drug-likeness (QED) is 0.294. The molecule has 4 bridgehead atoms. The Kier molecular flexibility index (Phi) is 6.96. The van der Waals surface area contributed by atoms with Gasteiger partial charge in [-0.05, 0) is 85.2 Å². The van der Waals surface area contributed by atoms with Gasteiger partial charge in [-0.25, -0.2) is 4.79 Å². The number of nitrogens with one attached hydrogen (secondary N) is 1. The number of carbonyl (C=O) groups is 3. The monoisotopic (exact) mass is 490 g/mol. The van der Waals surface area contributed by atoms with Crippen molar-refractivity contribution in [3.8, 4) is 0 Å². The van der Waals surface area contributed by atoms with Crippen molar-refractivity contribution in [2.75, 3.05) is 11.9 Å². The van der Waals surface area contributed by atoms with Gasteiger partial charge in [-0.1, -0.05) is 36.4 Å². The maximum absolute atomic E-state index is 12.7. The number of esters is 1. The number of ketones is 1. The Bertz CT molecular complexity index is 1110. The molecule has 0 aliphatic heterocycles. The van der Waals surface area contributed by atoms with Gasteiger partial charge >= 0.3 is 5.97 Å². The number of nitrogens with zero attached hydrogens (tertiary/aromatic N) is 1. The molecule has 2 aromatic rings. The fourth-order valence-corrected chi connectivity index (χ4v) is 6.50. The van der Waals surface area contributed by atoms with Crippen LogP contribution in [0.2, 0.25) is 0 Å². The molecule has 1 atom stereocenters. The molecule has 36 heavy (non-hydrogen) atoms. The Morgan fingerprint density at radius 1 is 0.944 bits per heavy atom. The zero-order valence-corrected chi connectivity index (χ0v) is 20.1. The number of anilines is 1. The first-order valence-electron chi connectivity index (χ1n) is 12.5. The molecule has 1 amide bonds. The summed E-state index contributed by atoms with van der Waals surface area (Å²) in [4.78, 5) is 49.3. The minimum Gasteiger partial charge on any atom is -0.457 e. The SMILES string of the molecule is O=NC(C(=O)COC12CC3CC(CC(C3)C1)C2)C(=O)Nc1cccc(C(=O)OCc2ccccc2)c1. The first kappa shape index (κ1) is 24.3. The third-order valence-electron chi connectivity index (χ3n) is 7.74. The van der Waals surface area contributed by atoms with E-state index in [1.165, 1.54) is 25.3 Å². The highest BCUT2D eigenvalue weighted by molar-refractivity contribution is 6.11. The average molecular weight is 491 g/mol. The smallest absolute Gasteiger partial charge is 0.338 e. The van der Waals surface area contributed by atoms with Crippen molar-refractivity contribution in [2.24, 2.45) is 22.9 Å². The second-order valence-electron chi connectivity index (χ2n) is 10.5. The highest BCUT2D eigenvalue weighted by Crippen LogP contribution is 2.57. The molecule has 0 aromatic heterocycles. The van der Waals surface area contributed by atoms with Gasteiger partial charge in [0.1, 0.15) is 13.2 Å². The van der Waals surface area contributed by atoms with Crippen LogP contribution >= 0.6 is 0 Å². The van der Waals surface area contributed by atoms with Crippen molar-refractivity contribution < 1.29 is 23.9 Å². The molecule has 6 rings (SSSR count). The average Bonchev–Trinajstić information content (AvgIpc) is 2.86. The van der Waals surface area contributed by atoms with Crippen LogP contribution in [0.25, 0.3) is 0 Å². The van der Waals surface area contributed by atoms with Crippen LogP contribution in [0.3, 0.4) is 0 Å². The number of nitroso groups, excluding NO2 is 1. The van der Waals surface area contributed by atoms with E-state index < -0.39 is 23.7 Å². The van der Waals surface area contributed by atoms with Crippen LogP contribution in [0, 0.1) is 22.7 Å². The summed E-state index contributed by atoms with van der Waals surface area (Å²) in [5.41, 5.74) is 1.04. The van der Waals surface area contributed by atoms with Gasteiger partial charge in [-0.15, -0.1) is 4.91 Å². The molecule has 0 saturated heterocycles. The fraction of sp³-hybridized carbons (Fsp3) is 0.464. The van der Waals surface area contributed by atoms with Crippen molar-refractivity contribution in [3.05, 3.63) is 70.6 Å². The molecule has 8 nitrogen and oxygen atoms in total. The molecule has 4 saturated carbocycles. The number of rotatable bonds is 10. The summed E-state index contributed by atoms with van der Waals surface area (Å²) < 4.78 is 11.4. The number of hydrogen-bond donors (Lipinski definition) is 1.